The number of hydrogen-bond acceptors (Lipinski definition) is 4. The molecule has 1 rings (SSSR count). The van der Waals surface area contributed by atoms with Crippen LogP contribution in [0, 0.1) is 5.41 Å². The molecule has 0 heterocycles. The lowest BCUT2D eigenvalue weighted by molar-refractivity contribution is -0.128. The van der Waals surface area contributed by atoms with E-state index in [1.807, 2.05) is 0 Å². The summed E-state index contributed by atoms with van der Waals surface area (Å²) in [5, 5.41) is 16.8. The van der Waals surface area contributed by atoms with Crippen LogP contribution in [-0.4, -0.2) is 36.4 Å². The maximum absolute atomic E-state index is 12.1. The number of rotatable bonds is 5. The van der Waals surface area contributed by atoms with Crippen molar-refractivity contribution in [3.05, 3.63) is 35.4 Å². The molecular formula is C14H20N4O3. The molecule has 0 atom stereocenters. The van der Waals surface area contributed by atoms with Gasteiger partial charge in [0.15, 0.2) is 5.84 Å². The molecule has 1 aromatic rings. The van der Waals surface area contributed by atoms with Gasteiger partial charge in [-0.25, -0.2) is 0 Å². The van der Waals surface area contributed by atoms with Crippen LogP contribution < -0.4 is 16.4 Å². The average molecular weight is 292 g/mol. The van der Waals surface area contributed by atoms with Crippen LogP contribution >= 0.6 is 0 Å². The molecule has 2 amide bonds. The Hall–Kier alpha value is -2.57. The Labute approximate surface area is 123 Å². The molecule has 0 fully saturated rings. The fourth-order valence-electron chi connectivity index (χ4n) is 1.70. The normalized spacial score (nSPS) is 11.9. The van der Waals surface area contributed by atoms with Gasteiger partial charge in [-0.15, -0.1) is 0 Å². The molecule has 7 nitrogen and oxygen atoms in total. The summed E-state index contributed by atoms with van der Waals surface area (Å²) in [6, 6.07) is 6.38. The van der Waals surface area contributed by atoms with E-state index in [0.29, 0.717) is 11.1 Å². The van der Waals surface area contributed by atoms with Gasteiger partial charge in [-0.2, -0.15) is 0 Å². The molecule has 0 saturated heterocycles. The standard InChI is InChI=1S/C14H20N4O3/c1-14(2,13(20)16-3)8-17-12(19)10-6-4-5-9(7-10)11(15)18-21/h4-7,21H,8H2,1-3H3,(H2,15,18)(H,16,20)(H,17,19). The van der Waals surface area contributed by atoms with Crippen molar-refractivity contribution in [3.63, 3.8) is 0 Å². The minimum absolute atomic E-state index is 0.0738. The van der Waals surface area contributed by atoms with E-state index < -0.39 is 5.41 Å². The molecule has 114 valence electrons. The highest BCUT2D eigenvalue weighted by Gasteiger charge is 2.27. The number of hydrogen-bond donors (Lipinski definition) is 4. The van der Waals surface area contributed by atoms with Crippen molar-refractivity contribution in [1.82, 2.24) is 10.6 Å². The number of carbonyl (C=O) groups is 2. The molecule has 0 saturated carbocycles. The molecule has 21 heavy (non-hydrogen) atoms. The second-order valence-electron chi connectivity index (χ2n) is 5.21. The van der Waals surface area contributed by atoms with Crippen LogP contribution in [0.2, 0.25) is 0 Å². The van der Waals surface area contributed by atoms with Gasteiger partial charge in [-0.05, 0) is 26.0 Å². The molecule has 0 aliphatic carbocycles. The Kier molecular flexibility index (Phi) is 5.29. The molecule has 0 radical (unpaired) electrons. The van der Waals surface area contributed by atoms with Crippen molar-refractivity contribution in [3.8, 4) is 0 Å². The minimum Gasteiger partial charge on any atom is -0.409 e. The average Bonchev–Trinajstić information content (AvgIpc) is 2.50. The third kappa shape index (κ3) is 4.20. The summed E-state index contributed by atoms with van der Waals surface area (Å²) in [7, 11) is 1.55. The third-order valence-electron chi connectivity index (χ3n) is 3.06. The number of amides is 2. The van der Waals surface area contributed by atoms with Crippen LogP contribution in [0.25, 0.3) is 0 Å². The molecule has 0 bridgehead atoms. The molecule has 1 aromatic carbocycles. The van der Waals surface area contributed by atoms with Crippen LogP contribution in [0.3, 0.4) is 0 Å². The Balaban J connectivity index is 2.79. The first-order valence-electron chi connectivity index (χ1n) is 6.40. The van der Waals surface area contributed by atoms with Crippen LogP contribution in [0.4, 0.5) is 0 Å². The van der Waals surface area contributed by atoms with Crippen molar-refractivity contribution in [2.45, 2.75) is 13.8 Å². The largest absolute Gasteiger partial charge is 0.409 e. The Morgan fingerprint density at radius 3 is 2.52 bits per heavy atom. The van der Waals surface area contributed by atoms with Crippen LogP contribution in [0.15, 0.2) is 29.4 Å². The zero-order chi connectivity index (χ0) is 16.0. The Bertz CT molecular complexity index is 567. The highest BCUT2D eigenvalue weighted by atomic mass is 16.4. The monoisotopic (exact) mass is 292 g/mol. The first-order valence-corrected chi connectivity index (χ1v) is 6.40. The number of nitrogens with zero attached hydrogens (tertiary/aromatic N) is 1. The predicted octanol–water partition coefficient (Wildman–Crippen LogP) is 0.283. The fraction of sp³-hybridized carbons (Fsp3) is 0.357. The number of carbonyl (C=O) groups excluding carboxylic acids is 2. The number of benzene rings is 1. The topological polar surface area (TPSA) is 117 Å². The summed E-state index contributed by atoms with van der Waals surface area (Å²) >= 11 is 0. The molecule has 0 aliphatic heterocycles. The first-order chi connectivity index (χ1) is 9.81. The van der Waals surface area contributed by atoms with Crippen molar-refractivity contribution >= 4 is 17.6 Å². The second kappa shape index (κ2) is 6.74. The molecule has 0 aliphatic rings. The molecule has 5 N–H and O–H groups in total. The van der Waals surface area contributed by atoms with Gasteiger partial charge >= 0.3 is 0 Å². The first kappa shape index (κ1) is 16.5. The van der Waals surface area contributed by atoms with E-state index in [-0.39, 0.29) is 24.2 Å². The van der Waals surface area contributed by atoms with E-state index in [4.69, 9.17) is 10.9 Å². The Morgan fingerprint density at radius 2 is 1.95 bits per heavy atom. The number of nitrogens with one attached hydrogen (secondary N) is 2. The zero-order valence-corrected chi connectivity index (χ0v) is 12.3. The van der Waals surface area contributed by atoms with Crippen molar-refractivity contribution in [2.75, 3.05) is 13.6 Å². The maximum atomic E-state index is 12.1. The summed E-state index contributed by atoms with van der Waals surface area (Å²) in [6.45, 7) is 3.66. The lowest BCUT2D eigenvalue weighted by Crippen LogP contribution is -2.43. The van der Waals surface area contributed by atoms with Gasteiger partial charge in [0.1, 0.15) is 0 Å². The van der Waals surface area contributed by atoms with E-state index >= 15 is 0 Å². The summed E-state index contributed by atoms with van der Waals surface area (Å²) in [6.07, 6.45) is 0. The lowest BCUT2D eigenvalue weighted by atomic mass is 9.92. The minimum atomic E-state index is -0.715. The molecular weight excluding hydrogens is 272 g/mol. The third-order valence-corrected chi connectivity index (χ3v) is 3.06. The summed E-state index contributed by atoms with van der Waals surface area (Å²) < 4.78 is 0. The van der Waals surface area contributed by atoms with Crippen LogP contribution in [0.5, 0.6) is 0 Å². The lowest BCUT2D eigenvalue weighted by Gasteiger charge is -2.22. The van der Waals surface area contributed by atoms with E-state index in [9.17, 15) is 9.59 Å². The second-order valence-corrected chi connectivity index (χ2v) is 5.21. The van der Waals surface area contributed by atoms with Gasteiger partial charge in [-0.1, -0.05) is 17.3 Å². The van der Waals surface area contributed by atoms with E-state index in [1.165, 1.54) is 6.07 Å². The van der Waals surface area contributed by atoms with Gasteiger partial charge in [0.25, 0.3) is 5.91 Å². The fourth-order valence-corrected chi connectivity index (χ4v) is 1.70. The van der Waals surface area contributed by atoms with Gasteiger partial charge in [-0.3, -0.25) is 9.59 Å². The molecule has 0 aromatic heterocycles. The molecule has 0 spiro atoms. The highest BCUT2D eigenvalue weighted by molar-refractivity contribution is 6.01. The molecule has 0 unspecified atom stereocenters. The maximum Gasteiger partial charge on any atom is 0.251 e. The quantitative estimate of drug-likeness (QED) is 0.270. The highest BCUT2D eigenvalue weighted by Crippen LogP contribution is 2.14. The van der Waals surface area contributed by atoms with Crippen LogP contribution in [-0.2, 0) is 4.79 Å². The summed E-state index contributed by atoms with van der Waals surface area (Å²) in [5.41, 5.74) is 5.57. The van der Waals surface area contributed by atoms with Gasteiger partial charge in [0.2, 0.25) is 5.91 Å². The van der Waals surface area contributed by atoms with Gasteiger partial charge in [0, 0.05) is 24.7 Å². The smallest absolute Gasteiger partial charge is 0.251 e. The van der Waals surface area contributed by atoms with E-state index in [2.05, 4.69) is 15.8 Å². The van der Waals surface area contributed by atoms with Crippen molar-refractivity contribution in [1.29, 1.82) is 0 Å². The molecule has 7 heteroatoms. The van der Waals surface area contributed by atoms with Gasteiger partial charge < -0.3 is 21.6 Å². The van der Waals surface area contributed by atoms with Gasteiger partial charge in [0.05, 0.1) is 5.41 Å². The van der Waals surface area contributed by atoms with Crippen LogP contribution in [0.1, 0.15) is 29.8 Å². The zero-order valence-electron chi connectivity index (χ0n) is 12.3. The summed E-state index contributed by atoms with van der Waals surface area (Å²) in [5.74, 6) is -0.567. The van der Waals surface area contributed by atoms with Crippen molar-refractivity contribution in [2.24, 2.45) is 16.3 Å². The van der Waals surface area contributed by atoms with Crippen molar-refractivity contribution < 1.29 is 14.8 Å². The summed E-state index contributed by atoms with van der Waals surface area (Å²) in [4.78, 5) is 23.7. The number of nitrogens with two attached hydrogens (primary N) is 1. The predicted molar refractivity (Wildman–Crippen MR) is 79.1 cm³/mol. The SMILES string of the molecule is CNC(=O)C(C)(C)CNC(=O)c1cccc(/C(N)=N/O)c1. The number of oxime groups is 1. The number of amidine groups is 1. The van der Waals surface area contributed by atoms with E-state index in [0.717, 1.165) is 0 Å². The van der Waals surface area contributed by atoms with E-state index in [1.54, 1.807) is 39.1 Å². The Morgan fingerprint density at radius 1 is 1.33 bits per heavy atom.